The molecule has 2 amide bonds. The quantitative estimate of drug-likeness (QED) is 0.784. The molecule has 0 aliphatic carbocycles. The van der Waals surface area contributed by atoms with Crippen molar-refractivity contribution in [3.63, 3.8) is 0 Å². The van der Waals surface area contributed by atoms with Crippen molar-refractivity contribution >= 4 is 34.5 Å². The van der Waals surface area contributed by atoms with Crippen molar-refractivity contribution in [1.29, 1.82) is 0 Å². The third-order valence-electron chi connectivity index (χ3n) is 4.07. The molecule has 7 heteroatoms. The molecule has 5 nitrogen and oxygen atoms in total. The molecular formula is C17H21N3O2S2. The maximum Gasteiger partial charge on any atom is 0.222 e. The summed E-state index contributed by atoms with van der Waals surface area (Å²) in [7, 11) is 0. The van der Waals surface area contributed by atoms with Crippen LogP contribution in [0.5, 0.6) is 0 Å². The first kappa shape index (κ1) is 17.1. The minimum Gasteiger partial charge on any atom is -0.346 e. The van der Waals surface area contributed by atoms with Gasteiger partial charge < -0.3 is 10.2 Å². The fourth-order valence-corrected chi connectivity index (χ4v) is 4.32. The van der Waals surface area contributed by atoms with E-state index in [1.54, 1.807) is 28.9 Å². The van der Waals surface area contributed by atoms with Crippen LogP contribution in [0.15, 0.2) is 29.1 Å². The van der Waals surface area contributed by atoms with Gasteiger partial charge in [-0.2, -0.15) is 0 Å². The van der Waals surface area contributed by atoms with Gasteiger partial charge in [0.2, 0.25) is 11.8 Å². The predicted molar refractivity (Wildman–Crippen MR) is 96.1 cm³/mol. The van der Waals surface area contributed by atoms with Crippen molar-refractivity contribution in [2.24, 2.45) is 0 Å². The molecule has 128 valence electrons. The lowest BCUT2D eigenvalue weighted by atomic mass is 10.1. The van der Waals surface area contributed by atoms with Gasteiger partial charge in [0.1, 0.15) is 5.01 Å². The number of thiazole rings is 1. The Morgan fingerprint density at radius 2 is 2.29 bits per heavy atom. The summed E-state index contributed by atoms with van der Waals surface area (Å²) in [6, 6.07) is 4.02. The molecule has 2 aromatic heterocycles. The van der Waals surface area contributed by atoms with Gasteiger partial charge in [-0.25, -0.2) is 4.98 Å². The molecule has 0 unspecified atom stereocenters. The lowest BCUT2D eigenvalue weighted by molar-refractivity contribution is -0.128. The topological polar surface area (TPSA) is 62.3 Å². The number of nitrogens with zero attached hydrogens (tertiary/aromatic N) is 2. The van der Waals surface area contributed by atoms with E-state index in [0.29, 0.717) is 25.8 Å². The van der Waals surface area contributed by atoms with Gasteiger partial charge in [-0.3, -0.25) is 9.59 Å². The number of amides is 2. The normalized spacial score (nSPS) is 15.7. The highest BCUT2D eigenvalue weighted by atomic mass is 32.1. The Hall–Kier alpha value is -1.73. The van der Waals surface area contributed by atoms with Gasteiger partial charge in [0.05, 0.1) is 6.04 Å². The summed E-state index contributed by atoms with van der Waals surface area (Å²) >= 11 is 3.26. The van der Waals surface area contributed by atoms with Gasteiger partial charge in [0.15, 0.2) is 0 Å². The zero-order valence-electron chi connectivity index (χ0n) is 13.4. The van der Waals surface area contributed by atoms with E-state index in [1.807, 2.05) is 21.7 Å². The molecule has 1 fully saturated rings. The Balaban J connectivity index is 1.50. The van der Waals surface area contributed by atoms with Crippen LogP contribution >= 0.6 is 22.7 Å². The monoisotopic (exact) mass is 363 g/mol. The number of rotatable bonds is 8. The molecule has 1 atom stereocenters. The number of nitrogens with one attached hydrogen (secondary N) is 1. The Kier molecular flexibility index (Phi) is 5.98. The average Bonchev–Trinajstić information content (AvgIpc) is 3.30. The third kappa shape index (κ3) is 4.64. The molecule has 24 heavy (non-hydrogen) atoms. The molecule has 1 aliphatic heterocycles. The minimum absolute atomic E-state index is 0.0263. The van der Waals surface area contributed by atoms with Crippen LogP contribution in [0.2, 0.25) is 0 Å². The number of carbonyl (C=O) groups is 2. The number of likely N-dealkylation sites (tertiary alicyclic amines) is 1. The fourth-order valence-electron chi connectivity index (χ4n) is 2.87. The molecule has 0 radical (unpaired) electrons. The number of thiophene rings is 1. The first-order valence-electron chi connectivity index (χ1n) is 8.21. The van der Waals surface area contributed by atoms with Crippen molar-refractivity contribution in [2.45, 2.75) is 38.1 Å². The smallest absolute Gasteiger partial charge is 0.222 e. The zero-order chi connectivity index (χ0) is 16.8. The van der Waals surface area contributed by atoms with Gasteiger partial charge in [0.25, 0.3) is 0 Å². The average molecular weight is 364 g/mol. The second-order valence-corrected chi connectivity index (χ2v) is 7.82. The molecular weight excluding hydrogens is 342 g/mol. The molecule has 0 aromatic carbocycles. The van der Waals surface area contributed by atoms with E-state index >= 15 is 0 Å². The van der Waals surface area contributed by atoms with Gasteiger partial charge in [-0.1, -0.05) is 6.07 Å². The van der Waals surface area contributed by atoms with E-state index in [4.69, 9.17) is 0 Å². The summed E-state index contributed by atoms with van der Waals surface area (Å²) in [5.74, 6) is 0.243. The van der Waals surface area contributed by atoms with E-state index in [-0.39, 0.29) is 17.9 Å². The molecule has 0 saturated carbocycles. The second kappa shape index (κ2) is 8.39. The third-order valence-corrected chi connectivity index (χ3v) is 5.86. The highest BCUT2D eigenvalue weighted by Gasteiger charge is 2.21. The van der Waals surface area contributed by atoms with E-state index in [2.05, 4.69) is 16.4 Å². The van der Waals surface area contributed by atoms with Crippen LogP contribution in [0, 0.1) is 0 Å². The van der Waals surface area contributed by atoms with Crippen LogP contribution in [-0.2, 0) is 16.0 Å². The summed E-state index contributed by atoms with van der Waals surface area (Å²) in [5, 5.41) is 8.02. The van der Waals surface area contributed by atoms with E-state index in [1.165, 1.54) is 4.88 Å². The molecule has 0 spiro atoms. The minimum atomic E-state index is -0.0791. The van der Waals surface area contributed by atoms with Crippen molar-refractivity contribution in [3.8, 4) is 0 Å². The largest absolute Gasteiger partial charge is 0.346 e. The fraction of sp³-hybridized carbons (Fsp3) is 0.471. The molecule has 0 bridgehead atoms. The summed E-state index contributed by atoms with van der Waals surface area (Å²) in [4.78, 5) is 31.3. The molecule has 1 aliphatic rings. The van der Waals surface area contributed by atoms with Crippen LogP contribution < -0.4 is 5.32 Å². The highest BCUT2D eigenvalue weighted by Crippen LogP contribution is 2.23. The molecule has 3 heterocycles. The zero-order valence-corrected chi connectivity index (χ0v) is 15.1. The van der Waals surface area contributed by atoms with Gasteiger partial charge in [-0.05, 0) is 24.3 Å². The van der Waals surface area contributed by atoms with Crippen molar-refractivity contribution in [2.75, 3.05) is 13.1 Å². The molecule has 1 N–H and O–H groups in total. The standard InChI is InChI=1S/C17H21N3O2S2/c21-15(5-1-8-20-9-2-6-16(20)22)19-14(17-18-7-11-24-17)12-13-4-3-10-23-13/h3-4,7,10-11,14H,1-2,5-6,8-9,12H2,(H,19,21)/t14-/m0/s1. The van der Waals surface area contributed by atoms with Crippen LogP contribution in [0.1, 0.15) is 41.6 Å². The van der Waals surface area contributed by atoms with Crippen molar-refractivity contribution in [3.05, 3.63) is 39.0 Å². The summed E-state index contributed by atoms with van der Waals surface area (Å²) < 4.78 is 0. The second-order valence-electron chi connectivity index (χ2n) is 5.86. The maximum absolute atomic E-state index is 12.3. The SMILES string of the molecule is O=C(CCCN1CCCC1=O)N[C@@H](Cc1cccs1)c1nccs1. The van der Waals surface area contributed by atoms with Crippen LogP contribution in [-0.4, -0.2) is 34.8 Å². The van der Waals surface area contributed by atoms with Gasteiger partial charge in [0, 0.05) is 48.8 Å². The van der Waals surface area contributed by atoms with Crippen molar-refractivity contribution < 1.29 is 9.59 Å². The number of hydrogen-bond acceptors (Lipinski definition) is 5. The molecule has 2 aromatic rings. The number of carbonyl (C=O) groups excluding carboxylic acids is 2. The Bertz CT molecular complexity index is 655. The lowest BCUT2D eigenvalue weighted by Gasteiger charge is -2.17. The van der Waals surface area contributed by atoms with Crippen LogP contribution in [0.3, 0.4) is 0 Å². The number of aromatic nitrogens is 1. The van der Waals surface area contributed by atoms with Crippen LogP contribution in [0.25, 0.3) is 0 Å². The van der Waals surface area contributed by atoms with Gasteiger partial charge in [-0.15, -0.1) is 22.7 Å². The van der Waals surface area contributed by atoms with Crippen molar-refractivity contribution in [1.82, 2.24) is 15.2 Å². The van der Waals surface area contributed by atoms with E-state index in [9.17, 15) is 9.59 Å². The van der Waals surface area contributed by atoms with E-state index < -0.39 is 0 Å². The first-order chi connectivity index (χ1) is 11.7. The van der Waals surface area contributed by atoms with Gasteiger partial charge >= 0.3 is 0 Å². The lowest BCUT2D eigenvalue weighted by Crippen LogP contribution is -2.31. The Morgan fingerprint density at radius 3 is 2.96 bits per heavy atom. The predicted octanol–water partition coefficient (Wildman–Crippen LogP) is 3.01. The maximum atomic E-state index is 12.3. The summed E-state index contributed by atoms with van der Waals surface area (Å²) in [5.41, 5.74) is 0. The summed E-state index contributed by atoms with van der Waals surface area (Å²) in [6.45, 7) is 1.51. The van der Waals surface area contributed by atoms with Crippen LogP contribution in [0.4, 0.5) is 0 Å². The van der Waals surface area contributed by atoms with E-state index in [0.717, 1.165) is 24.4 Å². The highest BCUT2D eigenvalue weighted by molar-refractivity contribution is 7.10. The first-order valence-corrected chi connectivity index (χ1v) is 9.97. The molecule has 3 rings (SSSR count). The molecule has 1 saturated heterocycles. The summed E-state index contributed by atoms with van der Waals surface area (Å²) in [6.07, 6.45) is 5.28. The Morgan fingerprint density at radius 1 is 1.38 bits per heavy atom. The Labute approximate surface area is 149 Å². The number of hydrogen-bond donors (Lipinski definition) is 1.